The first-order chi connectivity index (χ1) is 20.7. The van der Waals surface area contributed by atoms with Gasteiger partial charge < -0.3 is 25.1 Å². The van der Waals surface area contributed by atoms with Crippen LogP contribution in [0.4, 0.5) is 13.2 Å². The molecule has 44 heavy (non-hydrogen) atoms. The first kappa shape index (κ1) is 29.9. The standard InChI is InChI=1S/C33H33F3N2O6/c1-31(30(37)40)17-42-29-23(31)16-27(38-28(29)18-3-6-20(7-4-18)33(34,35)36)32(2,41)14-13-24(39)19-5-12-25(43-21-8-9-21)26(15-19)44-22-10-11-22/h3-7,12,15-16,21-22,41H,8-11,13-14,17H2,1-2H3,(H2,37,40)/t31-,32-/m0/s1. The number of aromatic nitrogens is 1. The Kier molecular flexibility index (Phi) is 7.34. The van der Waals surface area contributed by atoms with Gasteiger partial charge in [0.05, 0.1) is 23.5 Å². The zero-order valence-electron chi connectivity index (χ0n) is 24.4. The van der Waals surface area contributed by atoms with Crippen LogP contribution < -0.4 is 19.9 Å². The molecule has 0 radical (unpaired) electrons. The average molecular weight is 611 g/mol. The van der Waals surface area contributed by atoms with Crippen molar-refractivity contribution in [2.45, 2.75) is 81.8 Å². The molecule has 1 amide bonds. The van der Waals surface area contributed by atoms with Crippen LogP contribution in [-0.2, 0) is 22.0 Å². The Morgan fingerprint density at radius 2 is 1.66 bits per heavy atom. The van der Waals surface area contributed by atoms with E-state index in [-0.39, 0.29) is 54.6 Å². The molecule has 0 unspecified atom stereocenters. The van der Waals surface area contributed by atoms with E-state index in [0.29, 0.717) is 28.2 Å². The summed E-state index contributed by atoms with van der Waals surface area (Å²) in [7, 11) is 0. The summed E-state index contributed by atoms with van der Waals surface area (Å²) in [5.74, 6) is 0.460. The van der Waals surface area contributed by atoms with Gasteiger partial charge in [0.15, 0.2) is 17.3 Å². The number of pyridine rings is 1. The summed E-state index contributed by atoms with van der Waals surface area (Å²) in [5, 5.41) is 11.6. The monoisotopic (exact) mass is 610 g/mol. The number of carbonyl (C=O) groups excluding carboxylic acids is 2. The van der Waals surface area contributed by atoms with Crippen molar-refractivity contribution in [3.63, 3.8) is 0 Å². The van der Waals surface area contributed by atoms with Crippen molar-refractivity contribution in [3.05, 3.63) is 70.9 Å². The van der Waals surface area contributed by atoms with Gasteiger partial charge in [-0.1, -0.05) is 12.1 Å². The Hall–Kier alpha value is -4.12. The number of hydrogen-bond donors (Lipinski definition) is 2. The Bertz CT molecular complexity index is 1610. The van der Waals surface area contributed by atoms with E-state index >= 15 is 0 Å². The van der Waals surface area contributed by atoms with Gasteiger partial charge in [0.2, 0.25) is 5.91 Å². The van der Waals surface area contributed by atoms with Crippen molar-refractivity contribution in [1.82, 2.24) is 4.98 Å². The molecule has 1 aliphatic heterocycles. The molecule has 2 fully saturated rings. The van der Waals surface area contributed by atoms with Gasteiger partial charge in [-0.05, 0) is 82.3 Å². The maximum Gasteiger partial charge on any atom is 0.416 e. The highest BCUT2D eigenvalue weighted by Gasteiger charge is 2.45. The van der Waals surface area contributed by atoms with E-state index in [2.05, 4.69) is 4.98 Å². The van der Waals surface area contributed by atoms with Gasteiger partial charge in [-0.2, -0.15) is 13.2 Å². The minimum Gasteiger partial charge on any atom is -0.489 e. The largest absolute Gasteiger partial charge is 0.489 e. The quantitative estimate of drug-likeness (QED) is 0.261. The number of amides is 1. The van der Waals surface area contributed by atoms with Crippen LogP contribution in [0.2, 0.25) is 0 Å². The molecule has 1 aromatic heterocycles. The van der Waals surface area contributed by atoms with Crippen LogP contribution in [0.1, 0.15) is 79.6 Å². The molecule has 3 aliphatic rings. The lowest BCUT2D eigenvalue weighted by molar-refractivity contribution is -0.137. The number of rotatable bonds is 11. The minimum atomic E-state index is -4.53. The van der Waals surface area contributed by atoms with E-state index in [1.54, 1.807) is 25.1 Å². The molecule has 11 heteroatoms. The summed E-state index contributed by atoms with van der Waals surface area (Å²) in [6.45, 7) is 3.00. The molecule has 2 aromatic carbocycles. The number of hydrogen-bond acceptors (Lipinski definition) is 7. The molecule has 8 nitrogen and oxygen atoms in total. The van der Waals surface area contributed by atoms with Gasteiger partial charge in [0.1, 0.15) is 29.1 Å². The lowest BCUT2D eigenvalue weighted by atomic mass is 9.81. The third kappa shape index (κ3) is 5.97. The number of benzene rings is 2. The number of ketones is 1. The summed E-state index contributed by atoms with van der Waals surface area (Å²) in [4.78, 5) is 30.4. The van der Waals surface area contributed by atoms with Crippen LogP contribution in [-0.4, -0.2) is 40.6 Å². The molecular formula is C33H33F3N2O6. The molecule has 0 spiro atoms. The lowest BCUT2D eigenvalue weighted by Crippen LogP contribution is -2.40. The molecule has 3 N–H and O–H groups in total. The smallest absolute Gasteiger partial charge is 0.416 e. The SMILES string of the molecule is C[C@](O)(CCC(=O)c1ccc(OC2CC2)c(OC2CC2)c1)c1cc2c(c(-c3ccc(C(F)(F)F)cc3)n1)OC[C@]2(C)C(N)=O. The normalized spacial score (nSPS) is 20.8. The third-order valence-electron chi connectivity index (χ3n) is 8.39. The lowest BCUT2D eigenvalue weighted by Gasteiger charge is -2.26. The van der Waals surface area contributed by atoms with Crippen molar-refractivity contribution in [2.24, 2.45) is 5.73 Å². The fourth-order valence-electron chi connectivity index (χ4n) is 5.11. The van der Waals surface area contributed by atoms with E-state index in [1.165, 1.54) is 25.1 Å². The van der Waals surface area contributed by atoms with Crippen molar-refractivity contribution in [1.29, 1.82) is 0 Å². The maximum atomic E-state index is 13.3. The van der Waals surface area contributed by atoms with Gasteiger partial charge in [-0.15, -0.1) is 0 Å². The Balaban J connectivity index is 1.28. The molecule has 2 saturated carbocycles. The molecule has 2 atom stereocenters. The summed E-state index contributed by atoms with van der Waals surface area (Å²) in [6.07, 6.45) is -0.444. The molecule has 0 bridgehead atoms. The second-order valence-corrected chi connectivity index (χ2v) is 12.3. The van der Waals surface area contributed by atoms with Crippen LogP contribution in [0.5, 0.6) is 17.2 Å². The zero-order chi connectivity index (χ0) is 31.4. The topological polar surface area (TPSA) is 121 Å². The van der Waals surface area contributed by atoms with Crippen molar-refractivity contribution >= 4 is 11.7 Å². The van der Waals surface area contributed by atoms with E-state index in [1.807, 2.05) is 0 Å². The number of ether oxygens (including phenoxy) is 3. The molecule has 0 saturated heterocycles. The minimum absolute atomic E-state index is 0.0304. The highest BCUT2D eigenvalue weighted by molar-refractivity contribution is 5.96. The van der Waals surface area contributed by atoms with Crippen LogP contribution in [0, 0.1) is 0 Å². The van der Waals surface area contributed by atoms with Crippen molar-refractivity contribution < 1.29 is 42.1 Å². The Labute approximate surface area is 252 Å². The predicted molar refractivity (Wildman–Crippen MR) is 154 cm³/mol. The number of nitrogens with two attached hydrogens (primary N) is 1. The third-order valence-corrected chi connectivity index (χ3v) is 8.39. The van der Waals surface area contributed by atoms with Gasteiger partial charge in [-0.25, -0.2) is 4.98 Å². The van der Waals surface area contributed by atoms with Crippen molar-refractivity contribution in [3.8, 4) is 28.5 Å². The van der Waals surface area contributed by atoms with Crippen LogP contribution >= 0.6 is 0 Å². The average Bonchev–Trinajstić information content (AvgIpc) is 3.92. The first-order valence-electron chi connectivity index (χ1n) is 14.6. The number of carbonyl (C=O) groups is 2. The van der Waals surface area contributed by atoms with E-state index in [4.69, 9.17) is 19.9 Å². The number of alkyl halides is 3. The number of aliphatic hydroxyl groups is 1. The second kappa shape index (κ2) is 10.8. The van der Waals surface area contributed by atoms with Gasteiger partial charge in [-0.3, -0.25) is 9.59 Å². The highest BCUT2D eigenvalue weighted by Crippen LogP contribution is 2.46. The fraction of sp³-hybridized carbons (Fsp3) is 0.424. The van der Waals surface area contributed by atoms with Crippen LogP contribution in [0.3, 0.4) is 0 Å². The first-order valence-corrected chi connectivity index (χ1v) is 14.6. The Morgan fingerprint density at radius 3 is 2.25 bits per heavy atom. The number of primary amides is 1. The van der Waals surface area contributed by atoms with Gasteiger partial charge >= 0.3 is 6.18 Å². The van der Waals surface area contributed by atoms with Gasteiger partial charge in [0.25, 0.3) is 0 Å². The van der Waals surface area contributed by atoms with Crippen LogP contribution in [0.25, 0.3) is 11.3 Å². The number of halogens is 3. The highest BCUT2D eigenvalue weighted by atomic mass is 19.4. The number of Topliss-reactive ketones (excluding diaryl/α,β-unsaturated/α-hetero) is 1. The maximum absolute atomic E-state index is 13.3. The van der Waals surface area contributed by atoms with E-state index < -0.39 is 28.7 Å². The summed E-state index contributed by atoms with van der Waals surface area (Å²) in [6, 6.07) is 11.0. The van der Waals surface area contributed by atoms with E-state index in [9.17, 15) is 27.9 Å². The Morgan fingerprint density at radius 1 is 1.02 bits per heavy atom. The molecule has 2 aliphatic carbocycles. The molecular weight excluding hydrogens is 577 g/mol. The molecule has 2 heterocycles. The van der Waals surface area contributed by atoms with Crippen molar-refractivity contribution in [2.75, 3.05) is 6.61 Å². The second-order valence-electron chi connectivity index (χ2n) is 12.3. The molecule has 232 valence electrons. The number of fused-ring (bicyclic) bond motifs is 1. The predicted octanol–water partition coefficient (Wildman–Crippen LogP) is 5.86. The zero-order valence-corrected chi connectivity index (χ0v) is 24.4. The summed E-state index contributed by atoms with van der Waals surface area (Å²) in [5.41, 5.74) is 3.34. The summed E-state index contributed by atoms with van der Waals surface area (Å²) >= 11 is 0. The summed E-state index contributed by atoms with van der Waals surface area (Å²) < 4.78 is 57.4. The number of nitrogens with zero attached hydrogens (tertiary/aromatic N) is 1. The molecule has 3 aromatic rings. The van der Waals surface area contributed by atoms with E-state index in [0.717, 1.165) is 37.8 Å². The fourth-order valence-corrected chi connectivity index (χ4v) is 5.11. The van der Waals surface area contributed by atoms with Crippen LogP contribution in [0.15, 0.2) is 48.5 Å². The molecule has 6 rings (SSSR count). The van der Waals surface area contributed by atoms with Gasteiger partial charge in [0, 0.05) is 23.1 Å².